The largest absolute Gasteiger partial charge is 0.492 e. The Labute approximate surface area is 92.0 Å². The van der Waals surface area contributed by atoms with Crippen LogP contribution in [0.2, 0.25) is 19.6 Å². The number of hydrogen-bond donors (Lipinski definition) is 0. The van der Waals surface area contributed by atoms with Crippen molar-refractivity contribution in [2.24, 2.45) is 0 Å². The molecule has 2 aliphatic rings. The molecule has 0 aromatic rings. The van der Waals surface area contributed by atoms with Crippen LogP contribution in [0.25, 0.3) is 0 Å². The van der Waals surface area contributed by atoms with E-state index in [0.29, 0.717) is 18.8 Å². The Morgan fingerprint density at radius 3 is 2.67 bits per heavy atom. The fourth-order valence-electron chi connectivity index (χ4n) is 2.19. The average Bonchev–Trinajstić information content (AvgIpc) is 2.47. The Hall–Kier alpha value is -0.833. The van der Waals surface area contributed by atoms with Gasteiger partial charge in [-0.05, 0) is 12.0 Å². The van der Waals surface area contributed by atoms with Crippen molar-refractivity contribution in [3.05, 3.63) is 22.6 Å². The molecule has 0 spiro atoms. The molecule has 2 rings (SSSR count). The van der Waals surface area contributed by atoms with Gasteiger partial charge in [-0.1, -0.05) is 25.3 Å². The molecular formula is C12H18O2Si. The van der Waals surface area contributed by atoms with E-state index in [-0.39, 0.29) is 0 Å². The van der Waals surface area contributed by atoms with E-state index in [1.807, 2.05) is 0 Å². The highest BCUT2D eigenvalue weighted by Crippen LogP contribution is 2.34. The van der Waals surface area contributed by atoms with E-state index >= 15 is 0 Å². The summed E-state index contributed by atoms with van der Waals surface area (Å²) in [4.78, 5) is 11.8. The highest BCUT2D eigenvalue weighted by Gasteiger charge is 2.30. The summed E-state index contributed by atoms with van der Waals surface area (Å²) >= 11 is 0. The number of carbonyl (C=O) groups is 1. The normalized spacial score (nSPS) is 24.5. The van der Waals surface area contributed by atoms with Crippen LogP contribution in [0.3, 0.4) is 0 Å². The Balaban J connectivity index is 2.35. The van der Waals surface area contributed by atoms with Crippen LogP contribution in [0.15, 0.2) is 22.6 Å². The fourth-order valence-corrected chi connectivity index (χ4v) is 3.46. The van der Waals surface area contributed by atoms with Crippen LogP contribution in [0.1, 0.15) is 19.3 Å². The van der Waals surface area contributed by atoms with E-state index in [4.69, 9.17) is 4.74 Å². The lowest BCUT2D eigenvalue weighted by Gasteiger charge is -2.14. The molecule has 0 aromatic carbocycles. The van der Waals surface area contributed by atoms with Crippen molar-refractivity contribution in [3.8, 4) is 0 Å². The second-order valence-electron chi connectivity index (χ2n) is 5.40. The van der Waals surface area contributed by atoms with E-state index in [1.54, 1.807) is 0 Å². The van der Waals surface area contributed by atoms with Gasteiger partial charge in [0.1, 0.15) is 12.4 Å². The van der Waals surface area contributed by atoms with Crippen LogP contribution in [0.4, 0.5) is 0 Å². The minimum Gasteiger partial charge on any atom is -0.492 e. The van der Waals surface area contributed by atoms with Gasteiger partial charge < -0.3 is 4.74 Å². The number of rotatable bonds is 1. The number of Topliss-reactive ketones (excluding diaryl/α,β-unsaturated/α-hetero) is 1. The molecule has 0 fully saturated rings. The molecule has 0 atom stereocenters. The first-order valence-electron chi connectivity index (χ1n) is 5.58. The number of hydrogen-bond acceptors (Lipinski definition) is 2. The standard InChI is InChI=1S/C12H18O2Si/c1-15(2,3)8-9-7-14-11-6-4-5-10(13)12(9)11/h8H,4-7H2,1-3H3/b9-8+. The molecule has 0 radical (unpaired) electrons. The highest BCUT2D eigenvalue weighted by atomic mass is 28.3. The molecule has 15 heavy (non-hydrogen) atoms. The van der Waals surface area contributed by atoms with Gasteiger partial charge in [0.15, 0.2) is 5.78 Å². The zero-order valence-electron chi connectivity index (χ0n) is 9.72. The summed E-state index contributed by atoms with van der Waals surface area (Å²) in [6, 6.07) is 0. The quantitative estimate of drug-likeness (QED) is 0.638. The molecular weight excluding hydrogens is 204 g/mol. The van der Waals surface area contributed by atoms with Gasteiger partial charge in [-0.3, -0.25) is 4.79 Å². The lowest BCUT2D eigenvalue weighted by atomic mass is 9.93. The number of allylic oxidation sites excluding steroid dienone is 1. The molecule has 0 N–H and O–H groups in total. The van der Waals surface area contributed by atoms with E-state index in [2.05, 4.69) is 25.3 Å². The summed E-state index contributed by atoms with van der Waals surface area (Å²) in [7, 11) is -1.26. The van der Waals surface area contributed by atoms with Crippen molar-refractivity contribution < 1.29 is 9.53 Å². The SMILES string of the molecule is C[Si](C)(C)/C=C1\COC2=C1C(=O)CCC2. The maximum Gasteiger partial charge on any atom is 0.166 e. The second-order valence-corrected chi connectivity index (χ2v) is 10.4. The predicted octanol–water partition coefficient (Wildman–Crippen LogP) is 2.83. The third kappa shape index (κ3) is 2.22. The topological polar surface area (TPSA) is 26.3 Å². The van der Waals surface area contributed by atoms with Crippen LogP contribution in [0, 0.1) is 0 Å². The van der Waals surface area contributed by atoms with Crippen LogP contribution < -0.4 is 0 Å². The lowest BCUT2D eigenvalue weighted by Crippen LogP contribution is -2.19. The Morgan fingerprint density at radius 2 is 2.00 bits per heavy atom. The minimum atomic E-state index is -1.26. The first-order valence-corrected chi connectivity index (χ1v) is 9.16. The molecule has 0 amide bonds. The van der Waals surface area contributed by atoms with Gasteiger partial charge >= 0.3 is 0 Å². The first-order chi connectivity index (χ1) is 6.97. The number of ketones is 1. The lowest BCUT2D eigenvalue weighted by molar-refractivity contribution is -0.115. The van der Waals surface area contributed by atoms with Crippen molar-refractivity contribution in [3.63, 3.8) is 0 Å². The van der Waals surface area contributed by atoms with Crippen LogP contribution in [-0.4, -0.2) is 20.5 Å². The maximum atomic E-state index is 11.8. The predicted molar refractivity (Wildman–Crippen MR) is 63.3 cm³/mol. The van der Waals surface area contributed by atoms with E-state index in [1.165, 1.54) is 0 Å². The van der Waals surface area contributed by atoms with Crippen molar-refractivity contribution in [1.29, 1.82) is 0 Å². The maximum absolute atomic E-state index is 11.8. The Morgan fingerprint density at radius 1 is 1.27 bits per heavy atom. The first kappa shape index (κ1) is 10.7. The van der Waals surface area contributed by atoms with Gasteiger partial charge in [-0.2, -0.15) is 0 Å². The van der Waals surface area contributed by atoms with Crippen molar-refractivity contribution >= 4 is 13.9 Å². The third-order valence-electron chi connectivity index (χ3n) is 2.70. The molecule has 0 saturated carbocycles. The van der Waals surface area contributed by atoms with Crippen LogP contribution >= 0.6 is 0 Å². The van der Waals surface area contributed by atoms with Crippen molar-refractivity contribution in [2.75, 3.05) is 6.61 Å². The number of ether oxygens (including phenoxy) is 1. The van der Waals surface area contributed by atoms with Gasteiger partial charge in [0, 0.05) is 12.8 Å². The zero-order valence-corrected chi connectivity index (χ0v) is 10.7. The van der Waals surface area contributed by atoms with Gasteiger partial charge in [0.05, 0.1) is 13.6 Å². The molecule has 2 nitrogen and oxygen atoms in total. The molecule has 1 aliphatic heterocycles. The van der Waals surface area contributed by atoms with Gasteiger partial charge in [0.2, 0.25) is 0 Å². The summed E-state index contributed by atoms with van der Waals surface area (Å²) in [5.41, 5.74) is 4.39. The molecule has 0 aromatic heterocycles. The molecule has 0 saturated heterocycles. The number of carbonyl (C=O) groups excluding carboxylic acids is 1. The van der Waals surface area contributed by atoms with Crippen LogP contribution in [0.5, 0.6) is 0 Å². The van der Waals surface area contributed by atoms with Crippen LogP contribution in [-0.2, 0) is 9.53 Å². The van der Waals surface area contributed by atoms with Crippen molar-refractivity contribution in [2.45, 2.75) is 38.9 Å². The van der Waals surface area contributed by atoms with Gasteiger partial charge in [-0.25, -0.2) is 0 Å². The minimum absolute atomic E-state index is 0.290. The molecule has 3 heteroatoms. The molecule has 1 aliphatic carbocycles. The van der Waals surface area contributed by atoms with E-state index < -0.39 is 8.07 Å². The zero-order chi connectivity index (χ0) is 11.1. The summed E-state index contributed by atoms with van der Waals surface area (Å²) in [5.74, 6) is 1.24. The second kappa shape index (κ2) is 3.63. The highest BCUT2D eigenvalue weighted by molar-refractivity contribution is 6.81. The van der Waals surface area contributed by atoms with Crippen molar-refractivity contribution in [1.82, 2.24) is 0 Å². The third-order valence-corrected chi connectivity index (χ3v) is 3.91. The van der Waals surface area contributed by atoms with E-state index in [9.17, 15) is 4.79 Å². The molecule has 0 unspecified atom stereocenters. The fraction of sp³-hybridized carbons (Fsp3) is 0.583. The Bertz CT molecular complexity index is 358. The molecule has 82 valence electrons. The summed E-state index contributed by atoms with van der Waals surface area (Å²) in [6.07, 6.45) is 2.60. The Kier molecular flexibility index (Phi) is 2.59. The summed E-state index contributed by atoms with van der Waals surface area (Å²) < 4.78 is 5.60. The monoisotopic (exact) mass is 222 g/mol. The van der Waals surface area contributed by atoms with Gasteiger partial charge in [0.25, 0.3) is 0 Å². The molecule has 1 heterocycles. The van der Waals surface area contributed by atoms with E-state index in [0.717, 1.165) is 29.7 Å². The smallest absolute Gasteiger partial charge is 0.166 e. The summed E-state index contributed by atoms with van der Waals surface area (Å²) in [5, 5.41) is 0. The summed E-state index contributed by atoms with van der Waals surface area (Å²) in [6.45, 7) is 7.48. The molecule has 0 bridgehead atoms. The average molecular weight is 222 g/mol. The van der Waals surface area contributed by atoms with Gasteiger partial charge in [-0.15, -0.1) is 0 Å².